The van der Waals surface area contributed by atoms with E-state index >= 15 is 0 Å². The van der Waals surface area contributed by atoms with E-state index in [0.717, 1.165) is 71.1 Å². The second kappa shape index (κ2) is 11.2. The Bertz CT molecular complexity index is 892. The van der Waals surface area contributed by atoms with E-state index in [1.165, 1.54) is 0 Å². The third-order valence-corrected chi connectivity index (χ3v) is 6.77. The lowest BCUT2D eigenvalue weighted by Gasteiger charge is -2.41. The van der Waals surface area contributed by atoms with Gasteiger partial charge in [-0.05, 0) is 42.0 Å². The van der Waals surface area contributed by atoms with Crippen LogP contribution in [0.5, 0.6) is 5.75 Å². The van der Waals surface area contributed by atoms with E-state index in [1.54, 1.807) is 36.4 Å². The van der Waals surface area contributed by atoms with Crippen LogP contribution in [0.25, 0.3) is 0 Å². The highest BCUT2D eigenvalue weighted by Crippen LogP contribution is 2.24. The Balaban J connectivity index is 1.31. The molecule has 0 spiro atoms. The zero-order valence-corrected chi connectivity index (χ0v) is 19.3. The maximum Gasteiger partial charge on any atom is 0.166 e. The quantitative estimate of drug-likeness (QED) is 0.618. The van der Waals surface area contributed by atoms with Gasteiger partial charge in [0.2, 0.25) is 0 Å². The molecule has 7 heteroatoms. The predicted molar refractivity (Wildman–Crippen MR) is 126 cm³/mol. The third kappa shape index (κ3) is 6.38. The SMILES string of the molecule is C[C@@H](CN1CCN(C[C@@H](c2ccc(F)cc2)N2CCOCC2)CC1)C(=O)c1ccc(O)cc1. The molecule has 33 heavy (non-hydrogen) atoms. The molecule has 2 fully saturated rings. The first kappa shape index (κ1) is 23.8. The number of benzene rings is 2. The van der Waals surface area contributed by atoms with E-state index in [0.29, 0.717) is 5.56 Å². The van der Waals surface area contributed by atoms with Gasteiger partial charge in [-0.15, -0.1) is 0 Å². The van der Waals surface area contributed by atoms with E-state index < -0.39 is 0 Å². The summed E-state index contributed by atoms with van der Waals surface area (Å²) in [7, 11) is 0. The van der Waals surface area contributed by atoms with Crippen LogP contribution in [0, 0.1) is 11.7 Å². The number of phenols is 1. The van der Waals surface area contributed by atoms with E-state index in [-0.39, 0.29) is 29.3 Å². The molecular weight excluding hydrogens is 421 g/mol. The first-order chi connectivity index (χ1) is 16.0. The summed E-state index contributed by atoms with van der Waals surface area (Å²) in [5.74, 6) is -0.0158. The van der Waals surface area contributed by atoms with Crippen LogP contribution in [-0.4, -0.2) is 91.2 Å². The predicted octanol–water partition coefficient (Wildman–Crippen LogP) is 3.04. The summed E-state index contributed by atoms with van der Waals surface area (Å²) >= 11 is 0. The molecule has 2 aromatic rings. The van der Waals surface area contributed by atoms with Gasteiger partial charge in [0.1, 0.15) is 11.6 Å². The number of rotatable bonds is 8. The van der Waals surface area contributed by atoms with Crippen LogP contribution in [0.2, 0.25) is 0 Å². The second-order valence-corrected chi connectivity index (χ2v) is 9.13. The Morgan fingerprint density at radius 1 is 0.909 bits per heavy atom. The number of Topliss-reactive ketones (excluding diaryl/α,β-unsaturated/α-hetero) is 1. The molecule has 2 saturated heterocycles. The number of morpholine rings is 1. The smallest absolute Gasteiger partial charge is 0.166 e. The van der Waals surface area contributed by atoms with Crippen molar-refractivity contribution in [1.29, 1.82) is 0 Å². The fourth-order valence-electron chi connectivity index (χ4n) is 4.79. The van der Waals surface area contributed by atoms with Crippen molar-refractivity contribution in [3.63, 3.8) is 0 Å². The third-order valence-electron chi connectivity index (χ3n) is 6.77. The molecule has 0 radical (unpaired) electrons. The molecule has 2 aliphatic rings. The maximum atomic E-state index is 13.5. The largest absolute Gasteiger partial charge is 0.508 e. The van der Waals surface area contributed by atoms with Crippen molar-refractivity contribution < 1.29 is 19.0 Å². The Morgan fingerprint density at radius 3 is 2.09 bits per heavy atom. The van der Waals surface area contributed by atoms with E-state index in [9.17, 15) is 14.3 Å². The summed E-state index contributed by atoms with van der Waals surface area (Å²) in [6, 6.07) is 13.6. The zero-order chi connectivity index (χ0) is 23.2. The lowest BCUT2D eigenvalue weighted by atomic mass is 9.98. The Morgan fingerprint density at radius 2 is 1.48 bits per heavy atom. The first-order valence-corrected chi connectivity index (χ1v) is 11.8. The molecule has 2 aliphatic heterocycles. The number of ketones is 1. The van der Waals surface area contributed by atoms with E-state index in [4.69, 9.17) is 4.74 Å². The molecule has 178 valence electrons. The van der Waals surface area contributed by atoms with Crippen molar-refractivity contribution >= 4 is 5.78 Å². The van der Waals surface area contributed by atoms with Gasteiger partial charge in [-0.2, -0.15) is 0 Å². The number of carbonyl (C=O) groups excluding carboxylic acids is 1. The number of ether oxygens (including phenoxy) is 1. The average molecular weight is 456 g/mol. The summed E-state index contributed by atoms with van der Waals surface area (Å²) < 4.78 is 19.0. The van der Waals surface area contributed by atoms with Crippen molar-refractivity contribution in [2.45, 2.75) is 13.0 Å². The minimum Gasteiger partial charge on any atom is -0.508 e. The number of nitrogens with zero attached hydrogens (tertiary/aromatic N) is 3. The van der Waals surface area contributed by atoms with Gasteiger partial charge in [-0.3, -0.25) is 14.6 Å². The van der Waals surface area contributed by atoms with Gasteiger partial charge in [0.05, 0.1) is 13.2 Å². The lowest BCUT2D eigenvalue weighted by Crippen LogP contribution is -2.51. The van der Waals surface area contributed by atoms with Crippen molar-refractivity contribution in [3.8, 4) is 5.75 Å². The maximum absolute atomic E-state index is 13.5. The summed E-state index contributed by atoms with van der Waals surface area (Å²) in [5, 5.41) is 9.44. The van der Waals surface area contributed by atoms with E-state index in [1.807, 2.05) is 19.1 Å². The molecule has 2 atom stereocenters. The number of hydrogen-bond acceptors (Lipinski definition) is 6. The number of piperazine rings is 1. The molecule has 1 N–H and O–H groups in total. The molecule has 0 unspecified atom stereocenters. The standard InChI is InChI=1S/C26H34FN3O3/c1-20(26(32)22-4-8-24(31)9-5-22)18-28-10-12-29(13-11-28)19-25(30-14-16-33-17-15-30)21-2-6-23(27)7-3-21/h2-9,20,25,31H,10-19H2,1H3/t20-,25-/m0/s1. The molecule has 0 bridgehead atoms. The molecule has 0 aromatic heterocycles. The number of halogens is 1. The van der Waals surface area contributed by atoms with Crippen LogP contribution < -0.4 is 0 Å². The van der Waals surface area contributed by atoms with Crippen LogP contribution in [0.4, 0.5) is 4.39 Å². The van der Waals surface area contributed by atoms with Crippen molar-refractivity contribution in [3.05, 3.63) is 65.5 Å². The highest BCUT2D eigenvalue weighted by atomic mass is 19.1. The monoisotopic (exact) mass is 455 g/mol. The van der Waals surface area contributed by atoms with Gasteiger partial charge < -0.3 is 14.7 Å². The Hall–Kier alpha value is -2.32. The van der Waals surface area contributed by atoms with Crippen LogP contribution in [0.3, 0.4) is 0 Å². The molecule has 4 rings (SSSR count). The molecule has 2 heterocycles. The summed E-state index contributed by atoms with van der Waals surface area (Å²) in [6.45, 7) is 10.6. The molecular formula is C26H34FN3O3. The highest BCUT2D eigenvalue weighted by Gasteiger charge is 2.28. The lowest BCUT2D eigenvalue weighted by molar-refractivity contribution is 0.00272. The van der Waals surface area contributed by atoms with Crippen molar-refractivity contribution in [1.82, 2.24) is 14.7 Å². The van der Waals surface area contributed by atoms with Crippen LogP contribution in [0.1, 0.15) is 28.9 Å². The minimum absolute atomic E-state index is 0.0959. The first-order valence-electron chi connectivity index (χ1n) is 11.8. The fraction of sp³-hybridized carbons (Fsp3) is 0.500. The van der Waals surface area contributed by atoms with Gasteiger partial charge in [0, 0.05) is 69.9 Å². The molecule has 0 saturated carbocycles. The highest BCUT2D eigenvalue weighted by molar-refractivity contribution is 5.97. The minimum atomic E-state index is -0.205. The number of phenolic OH excluding ortho intramolecular Hbond substituents is 1. The summed E-state index contributed by atoms with van der Waals surface area (Å²) in [4.78, 5) is 20.0. The van der Waals surface area contributed by atoms with Crippen LogP contribution >= 0.6 is 0 Å². The molecule has 2 aromatic carbocycles. The van der Waals surface area contributed by atoms with Gasteiger partial charge in [0.15, 0.2) is 5.78 Å². The van der Waals surface area contributed by atoms with Gasteiger partial charge >= 0.3 is 0 Å². The van der Waals surface area contributed by atoms with Gasteiger partial charge in [0.25, 0.3) is 0 Å². The van der Waals surface area contributed by atoms with E-state index in [2.05, 4.69) is 14.7 Å². The summed E-state index contributed by atoms with van der Waals surface area (Å²) in [5.41, 5.74) is 1.79. The number of aromatic hydroxyl groups is 1. The number of carbonyl (C=O) groups is 1. The van der Waals surface area contributed by atoms with Gasteiger partial charge in [-0.1, -0.05) is 19.1 Å². The van der Waals surface area contributed by atoms with Crippen molar-refractivity contribution in [2.75, 3.05) is 65.6 Å². The topological polar surface area (TPSA) is 56.2 Å². The fourth-order valence-corrected chi connectivity index (χ4v) is 4.79. The molecule has 0 aliphatic carbocycles. The Kier molecular flexibility index (Phi) is 8.09. The zero-order valence-electron chi connectivity index (χ0n) is 19.3. The summed E-state index contributed by atoms with van der Waals surface area (Å²) in [6.07, 6.45) is 0. The number of hydrogen-bond donors (Lipinski definition) is 1. The average Bonchev–Trinajstić information content (AvgIpc) is 2.85. The van der Waals surface area contributed by atoms with Crippen LogP contribution in [-0.2, 0) is 4.74 Å². The second-order valence-electron chi connectivity index (χ2n) is 9.13. The van der Waals surface area contributed by atoms with Crippen LogP contribution in [0.15, 0.2) is 48.5 Å². The Labute approximate surface area is 195 Å². The normalized spacial score (nSPS) is 20.4. The molecule has 6 nitrogen and oxygen atoms in total. The molecule has 0 amide bonds. The van der Waals surface area contributed by atoms with Gasteiger partial charge in [-0.25, -0.2) is 4.39 Å². The van der Waals surface area contributed by atoms with Crippen molar-refractivity contribution in [2.24, 2.45) is 5.92 Å².